The fourth-order valence-corrected chi connectivity index (χ4v) is 2.72. The number of methoxy groups -OCH3 is 1. The fraction of sp³-hybridized carbons (Fsp3) is 0.300. The molecule has 0 saturated carbocycles. The number of carbonyl (C=O) groups is 1. The van der Waals surface area contributed by atoms with Crippen molar-refractivity contribution in [1.82, 2.24) is 4.72 Å². The Kier molecular flexibility index (Phi) is 5.40. The van der Waals surface area contributed by atoms with Crippen molar-refractivity contribution in [3.05, 3.63) is 29.3 Å². The second-order valence-corrected chi connectivity index (χ2v) is 6.03. The molecular formula is C10H11Cl2NO4S. The Hall–Kier alpha value is -0.820. The number of hydrogen-bond acceptors (Lipinski definition) is 4. The summed E-state index contributed by atoms with van der Waals surface area (Å²) in [7, 11) is -2.58. The second kappa shape index (κ2) is 6.38. The van der Waals surface area contributed by atoms with Gasteiger partial charge in [-0.2, -0.15) is 0 Å². The lowest BCUT2D eigenvalue weighted by molar-refractivity contribution is -0.140. The van der Waals surface area contributed by atoms with E-state index in [9.17, 15) is 13.2 Å². The van der Waals surface area contributed by atoms with Crippen molar-refractivity contribution in [3.63, 3.8) is 0 Å². The summed E-state index contributed by atoms with van der Waals surface area (Å²) in [6.07, 6.45) is 0. The molecular weight excluding hydrogens is 301 g/mol. The molecule has 18 heavy (non-hydrogen) atoms. The zero-order valence-electron chi connectivity index (χ0n) is 9.39. The Morgan fingerprint density at radius 1 is 1.50 bits per heavy atom. The summed E-state index contributed by atoms with van der Waals surface area (Å²) in [6.45, 7) is -0.261. The molecule has 1 aromatic rings. The maximum Gasteiger partial charge on any atom is 0.325 e. The molecule has 1 N–H and O–H groups in total. The quantitative estimate of drug-likeness (QED) is 0.659. The third-order valence-electron chi connectivity index (χ3n) is 2.02. The Morgan fingerprint density at radius 3 is 2.72 bits per heavy atom. The maximum absolute atomic E-state index is 11.8. The minimum Gasteiger partial charge on any atom is -0.468 e. The van der Waals surface area contributed by atoms with Crippen LogP contribution in [0.15, 0.2) is 29.2 Å². The van der Waals surface area contributed by atoms with Gasteiger partial charge in [0, 0.05) is 11.6 Å². The predicted molar refractivity (Wildman–Crippen MR) is 68.3 cm³/mol. The smallest absolute Gasteiger partial charge is 0.325 e. The van der Waals surface area contributed by atoms with Crippen molar-refractivity contribution >= 4 is 39.2 Å². The molecule has 0 aromatic heterocycles. The number of hydrogen-bond donors (Lipinski definition) is 1. The molecule has 0 amide bonds. The Morgan fingerprint density at radius 2 is 2.17 bits per heavy atom. The molecule has 1 aromatic carbocycles. The molecule has 1 atom stereocenters. The van der Waals surface area contributed by atoms with Crippen LogP contribution in [0.3, 0.4) is 0 Å². The Balaban J connectivity index is 2.75. The van der Waals surface area contributed by atoms with E-state index in [-0.39, 0.29) is 11.4 Å². The highest BCUT2D eigenvalue weighted by Crippen LogP contribution is 2.15. The molecule has 100 valence electrons. The number of alkyl halides is 1. The van der Waals surface area contributed by atoms with E-state index in [4.69, 9.17) is 23.2 Å². The first-order valence-electron chi connectivity index (χ1n) is 4.84. The summed E-state index contributed by atoms with van der Waals surface area (Å²) in [4.78, 5) is 11.0. The summed E-state index contributed by atoms with van der Waals surface area (Å²) < 4.78 is 30.2. The zero-order valence-corrected chi connectivity index (χ0v) is 11.7. The lowest BCUT2D eigenvalue weighted by Crippen LogP contribution is -2.34. The molecule has 0 fully saturated rings. The monoisotopic (exact) mass is 311 g/mol. The zero-order chi connectivity index (χ0) is 13.8. The molecule has 0 radical (unpaired) electrons. The summed E-state index contributed by atoms with van der Waals surface area (Å²) in [5.74, 6) is -0.703. The van der Waals surface area contributed by atoms with Crippen molar-refractivity contribution in [2.24, 2.45) is 0 Å². The van der Waals surface area contributed by atoms with Crippen LogP contribution in [0.25, 0.3) is 0 Å². The van der Waals surface area contributed by atoms with Gasteiger partial charge in [0.15, 0.2) is 0 Å². The van der Waals surface area contributed by atoms with Gasteiger partial charge in [0.25, 0.3) is 0 Å². The first kappa shape index (κ1) is 15.2. The van der Waals surface area contributed by atoms with Gasteiger partial charge in [-0.1, -0.05) is 17.7 Å². The van der Waals surface area contributed by atoms with Crippen LogP contribution < -0.4 is 4.72 Å². The third-order valence-corrected chi connectivity index (χ3v) is 4.00. The predicted octanol–water partition coefficient (Wildman–Crippen LogP) is 1.40. The molecule has 5 nitrogen and oxygen atoms in total. The van der Waals surface area contributed by atoms with Crippen molar-refractivity contribution in [2.45, 2.75) is 10.3 Å². The van der Waals surface area contributed by atoms with E-state index in [1.807, 2.05) is 0 Å². The van der Waals surface area contributed by atoms with E-state index in [2.05, 4.69) is 9.46 Å². The Bertz CT molecular complexity index is 532. The van der Waals surface area contributed by atoms with Crippen LogP contribution >= 0.6 is 23.2 Å². The first-order chi connectivity index (χ1) is 8.36. The molecule has 1 unspecified atom stereocenters. The van der Waals surface area contributed by atoms with Crippen molar-refractivity contribution in [1.29, 1.82) is 0 Å². The highest BCUT2D eigenvalue weighted by molar-refractivity contribution is 7.89. The molecule has 0 heterocycles. The second-order valence-electron chi connectivity index (χ2n) is 3.30. The van der Waals surface area contributed by atoms with Crippen LogP contribution in [-0.4, -0.2) is 33.4 Å². The number of halogens is 2. The van der Waals surface area contributed by atoms with Crippen molar-refractivity contribution in [3.8, 4) is 0 Å². The van der Waals surface area contributed by atoms with Gasteiger partial charge >= 0.3 is 5.97 Å². The van der Waals surface area contributed by atoms with Gasteiger partial charge < -0.3 is 4.74 Å². The number of rotatable bonds is 5. The van der Waals surface area contributed by atoms with Crippen LogP contribution in [0, 0.1) is 0 Å². The molecule has 0 aliphatic rings. The maximum atomic E-state index is 11.8. The molecule has 0 spiro atoms. The molecule has 0 aliphatic carbocycles. The standard InChI is InChI=1S/C10H11Cl2NO4S/c1-17-10(14)9(12)6-13-18(15,16)8-4-2-3-7(11)5-8/h2-5,9,13H,6H2,1H3. The molecule has 1 rings (SSSR count). The topological polar surface area (TPSA) is 72.5 Å². The number of nitrogens with one attached hydrogen (secondary N) is 1. The summed E-state index contributed by atoms with van der Waals surface area (Å²) >= 11 is 11.3. The molecule has 0 bridgehead atoms. The third kappa shape index (κ3) is 4.13. The van der Waals surface area contributed by atoms with Gasteiger partial charge in [0.2, 0.25) is 10.0 Å². The van der Waals surface area contributed by atoms with Crippen molar-refractivity contribution in [2.75, 3.05) is 13.7 Å². The van der Waals surface area contributed by atoms with Gasteiger partial charge in [-0.3, -0.25) is 4.79 Å². The number of ether oxygens (including phenoxy) is 1. The van der Waals surface area contributed by atoms with Crippen LogP contribution in [0.1, 0.15) is 0 Å². The summed E-state index contributed by atoms with van der Waals surface area (Å²) in [5, 5.41) is -0.780. The summed E-state index contributed by atoms with van der Waals surface area (Å²) in [6, 6.07) is 5.75. The molecule has 8 heteroatoms. The SMILES string of the molecule is COC(=O)C(Cl)CNS(=O)(=O)c1cccc(Cl)c1. The van der Waals surface area contributed by atoms with E-state index in [0.717, 1.165) is 0 Å². The van der Waals surface area contributed by atoms with Crippen LogP contribution in [0.2, 0.25) is 5.02 Å². The summed E-state index contributed by atoms with van der Waals surface area (Å²) in [5.41, 5.74) is 0. The van der Waals surface area contributed by atoms with Crippen molar-refractivity contribution < 1.29 is 17.9 Å². The average molecular weight is 312 g/mol. The largest absolute Gasteiger partial charge is 0.468 e. The number of sulfonamides is 1. The lowest BCUT2D eigenvalue weighted by atomic mass is 10.4. The fourth-order valence-electron chi connectivity index (χ4n) is 1.11. The molecule has 0 aliphatic heterocycles. The first-order valence-corrected chi connectivity index (χ1v) is 7.13. The minimum absolute atomic E-state index is 0.00346. The van der Waals surface area contributed by atoms with Gasteiger partial charge in [-0.25, -0.2) is 13.1 Å². The van der Waals surface area contributed by atoms with Gasteiger partial charge in [-0.05, 0) is 18.2 Å². The van der Waals surface area contributed by atoms with Gasteiger partial charge in [0.05, 0.1) is 12.0 Å². The van der Waals surface area contributed by atoms with E-state index in [1.54, 1.807) is 6.07 Å². The highest BCUT2D eigenvalue weighted by Gasteiger charge is 2.20. The van der Waals surface area contributed by atoms with Crippen LogP contribution in [-0.2, 0) is 19.6 Å². The lowest BCUT2D eigenvalue weighted by Gasteiger charge is -2.09. The average Bonchev–Trinajstić information content (AvgIpc) is 2.35. The van der Waals surface area contributed by atoms with Gasteiger partial charge in [0.1, 0.15) is 5.38 Å². The van der Waals surface area contributed by atoms with Crippen LogP contribution in [0.5, 0.6) is 0 Å². The van der Waals surface area contributed by atoms with E-state index in [1.165, 1.54) is 25.3 Å². The van der Waals surface area contributed by atoms with E-state index in [0.29, 0.717) is 5.02 Å². The molecule has 0 saturated heterocycles. The normalized spacial score (nSPS) is 13.1. The van der Waals surface area contributed by atoms with Gasteiger partial charge in [-0.15, -0.1) is 11.6 Å². The minimum atomic E-state index is -3.75. The number of benzene rings is 1. The van der Waals surface area contributed by atoms with E-state index >= 15 is 0 Å². The van der Waals surface area contributed by atoms with Crippen LogP contribution in [0.4, 0.5) is 0 Å². The Labute approximate surface area is 115 Å². The number of esters is 1. The highest BCUT2D eigenvalue weighted by atomic mass is 35.5. The van der Waals surface area contributed by atoms with E-state index < -0.39 is 21.4 Å². The number of carbonyl (C=O) groups excluding carboxylic acids is 1.